The van der Waals surface area contributed by atoms with Gasteiger partial charge in [-0.25, -0.2) is 26.5 Å². The van der Waals surface area contributed by atoms with E-state index in [2.05, 4.69) is 4.98 Å². The third kappa shape index (κ3) is 3.79. The highest BCUT2D eigenvalue weighted by Crippen LogP contribution is 2.30. The van der Waals surface area contributed by atoms with Crippen LogP contribution in [0, 0.1) is 19.7 Å². The number of benzene rings is 2. The highest BCUT2D eigenvalue weighted by atomic mass is 32.2. The van der Waals surface area contributed by atoms with E-state index < -0.39 is 22.5 Å². The smallest absolute Gasteiger partial charge is 0.265 e. The van der Waals surface area contributed by atoms with Crippen LogP contribution in [0.5, 0.6) is 0 Å². The fourth-order valence-corrected chi connectivity index (χ4v) is 5.01. The second-order valence-corrected chi connectivity index (χ2v) is 9.15. The van der Waals surface area contributed by atoms with Gasteiger partial charge in [0.2, 0.25) is 0 Å². The van der Waals surface area contributed by atoms with Crippen LogP contribution in [-0.4, -0.2) is 17.8 Å². The molecule has 0 saturated carbocycles. The lowest BCUT2D eigenvalue weighted by Crippen LogP contribution is -2.31. The monoisotopic (exact) mass is 441 g/mol. The van der Waals surface area contributed by atoms with E-state index >= 15 is 0 Å². The molecule has 0 bridgehead atoms. The highest BCUT2D eigenvalue weighted by Gasteiger charge is 2.29. The Balaban J connectivity index is 1.90. The average molecular weight is 442 g/mol. The lowest BCUT2D eigenvalue weighted by molar-refractivity contribution is 0.463. The van der Waals surface area contributed by atoms with Gasteiger partial charge in [0.25, 0.3) is 10.0 Å². The Kier molecular flexibility index (Phi) is 5.49. The summed E-state index contributed by atoms with van der Waals surface area (Å²) in [7, 11) is -4.00. The van der Waals surface area contributed by atoms with E-state index in [9.17, 15) is 17.2 Å². The van der Waals surface area contributed by atoms with Crippen LogP contribution in [0.15, 0.2) is 71.8 Å². The molecular weight excluding hydrogens is 420 g/mol. The number of alkyl halides is 1. The Morgan fingerprint density at radius 2 is 1.77 bits per heavy atom. The molecule has 5 nitrogen and oxygen atoms in total. The Hall–Kier alpha value is -3.26. The number of nitrogens with zero attached hydrogens (tertiary/aromatic N) is 3. The summed E-state index contributed by atoms with van der Waals surface area (Å²) < 4.78 is 57.2. The third-order valence-corrected chi connectivity index (χ3v) is 6.96. The summed E-state index contributed by atoms with van der Waals surface area (Å²) in [6, 6.07) is 15.8. The first-order valence-corrected chi connectivity index (χ1v) is 11.1. The highest BCUT2D eigenvalue weighted by molar-refractivity contribution is 7.92. The molecule has 2 aromatic heterocycles. The van der Waals surface area contributed by atoms with Crippen LogP contribution < -0.4 is 4.31 Å². The van der Waals surface area contributed by atoms with E-state index in [1.807, 2.05) is 29.7 Å². The molecule has 0 fully saturated rings. The van der Waals surface area contributed by atoms with Crippen molar-refractivity contribution in [3.05, 3.63) is 95.1 Å². The zero-order chi connectivity index (χ0) is 22.2. The van der Waals surface area contributed by atoms with Gasteiger partial charge in [0.15, 0.2) is 5.82 Å². The summed E-state index contributed by atoms with van der Waals surface area (Å²) in [5.74, 6) is -0.396. The second-order valence-electron chi connectivity index (χ2n) is 7.29. The number of hydrogen-bond donors (Lipinski definition) is 0. The first-order chi connectivity index (χ1) is 14.8. The van der Waals surface area contributed by atoms with E-state index in [4.69, 9.17) is 0 Å². The van der Waals surface area contributed by atoms with E-state index in [1.165, 1.54) is 28.6 Å². The first kappa shape index (κ1) is 21.0. The Bertz CT molecular complexity index is 1350. The number of fused-ring (bicyclic) bond motifs is 1. The Morgan fingerprint density at radius 3 is 2.45 bits per heavy atom. The molecule has 0 aliphatic heterocycles. The third-order valence-electron chi connectivity index (χ3n) is 5.21. The lowest BCUT2D eigenvalue weighted by Gasteiger charge is -2.23. The summed E-state index contributed by atoms with van der Waals surface area (Å²) in [5, 5.41) is 0. The van der Waals surface area contributed by atoms with Crippen molar-refractivity contribution in [2.24, 2.45) is 0 Å². The molecule has 4 aromatic rings. The van der Waals surface area contributed by atoms with Crippen molar-refractivity contribution in [1.82, 2.24) is 9.38 Å². The van der Waals surface area contributed by atoms with Gasteiger partial charge in [0.05, 0.1) is 17.1 Å². The Morgan fingerprint density at radius 1 is 1.03 bits per heavy atom. The summed E-state index contributed by atoms with van der Waals surface area (Å²) in [6.45, 7) is 2.60. The minimum atomic E-state index is -4.00. The predicted octanol–water partition coefficient (Wildman–Crippen LogP) is 4.96. The van der Waals surface area contributed by atoms with Crippen molar-refractivity contribution < 1.29 is 17.2 Å². The van der Waals surface area contributed by atoms with Crippen LogP contribution in [0.1, 0.15) is 22.4 Å². The predicted molar refractivity (Wildman–Crippen MR) is 116 cm³/mol. The first-order valence-electron chi connectivity index (χ1n) is 9.68. The number of halogens is 2. The number of aromatic nitrogens is 2. The van der Waals surface area contributed by atoms with Gasteiger partial charge in [-0.2, -0.15) is 0 Å². The van der Waals surface area contributed by atoms with E-state index in [0.717, 1.165) is 11.6 Å². The molecule has 160 valence electrons. The van der Waals surface area contributed by atoms with Crippen LogP contribution in [-0.2, 0) is 23.2 Å². The van der Waals surface area contributed by atoms with Gasteiger partial charge < -0.3 is 4.40 Å². The maximum atomic E-state index is 13.8. The number of aryl methyl sites for hydroxylation is 2. The number of anilines is 1. The van der Waals surface area contributed by atoms with Crippen LogP contribution in [0.3, 0.4) is 0 Å². The molecule has 0 N–H and O–H groups in total. The zero-order valence-corrected chi connectivity index (χ0v) is 17.9. The molecular formula is C23H21F2N3O2S. The summed E-state index contributed by atoms with van der Waals surface area (Å²) in [4.78, 5) is 4.73. The number of hydrogen-bond acceptors (Lipinski definition) is 3. The second kappa shape index (κ2) is 8.11. The normalized spacial score (nSPS) is 11.7. The van der Waals surface area contributed by atoms with E-state index in [0.29, 0.717) is 16.9 Å². The maximum Gasteiger partial charge on any atom is 0.265 e. The molecule has 0 atom stereocenters. The molecule has 8 heteroatoms. The van der Waals surface area contributed by atoms with Gasteiger partial charge in [-0.1, -0.05) is 30.3 Å². The van der Waals surface area contributed by atoms with Crippen molar-refractivity contribution in [2.45, 2.75) is 32.0 Å². The number of sulfonamides is 1. The number of rotatable bonds is 6. The van der Waals surface area contributed by atoms with Crippen molar-refractivity contribution in [2.75, 3.05) is 4.31 Å². The summed E-state index contributed by atoms with van der Waals surface area (Å²) in [5.41, 5.74) is 2.53. The van der Waals surface area contributed by atoms with Crippen molar-refractivity contribution in [3.8, 4) is 0 Å². The fraction of sp³-hybridized carbons (Fsp3) is 0.174. The quantitative estimate of drug-likeness (QED) is 0.425. The SMILES string of the molecule is Cc1cccn2c(C)c(N(Cc3ccc(F)c(CF)c3)S(=O)(=O)c3ccccc3)nc12. The molecule has 0 unspecified atom stereocenters. The molecule has 0 saturated heterocycles. The average Bonchev–Trinajstić information content (AvgIpc) is 3.11. The van der Waals surface area contributed by atoms with Gasteiger partial charge >= 0.3 is 0 Å². The van der Waals surface area contributed by atoms with E-state index in [-0.39, 0.29) is 22.8 Å². The molecule has 2 aromatic carbocycles. The molecule has 0 radical (unpaired) electrons. The van der Waals surface area contributed by atoms with Gasteiger partial charge in [0.1, 0.15) is 18.1 Å². The zero-order valence-electron chi connectivity index (χ0n) is 17.1. The minimum Gasteiger partial charge on any atom is -0.302 e. The molecule has 2 heterocycles. The maximum absolute atomic E-state index is 13.8. The van der Waals surface area contributed by atoms with Crippen LogP contribution in [0.2, 0.25) is 0 Å². The van der Waals surface area contributed by atoms with Crippen molar-refractivity contribution >= 4 is 21.5 Å². The molecule has 0 spiro atoms. The topological polar surface area (TPSA) is 54.7 Å². The summed E-state index contributed by atoms with van der Waals surface area (Å²) >= 11 is 0. The Labute approximate surface area is 179 Å². The molecule has 0 amide bonds. The largest absolute Gasteiger partial charge is 0.302 e. The van der Waals surface area contributed by atoms with Crippen molar-refractivity contribution in [3.63, 3.8) is 0 Å². The van der Waals surface area contributed by atoms with Gasteiger partial charge in [-0.15, -0.1) is 0 Å². The van der Waals surface area contributed by atoms with Crippen LogP contribution in [0.4, 0.5) is 14.6 Å². The van der Waals surface area contributed by atoms with Crippen LogP contribution in [0.25, 0.3) is 5.65 Å². The molecule has 4 rings (SSSR count). The summed E-state index contributed by atoms with van der Waals surface area (Å²) in [6.07, 6.45) is 1.82. The number of pyridine rings is 1. The number of imidazole rings is 1. The molecule has 31 heavy (non-hydrogen) atoms. The van der Waals surface area contributed by atoms with Crippen LogP contribution >= 0.6 is 0 Å². The minimum absolute atomic E-state index is 0.107. The van der Waals surface area contributed by atoms with E-state index in [1.54, 1.807) is 25.1 Å². The fourth-order valence-electron chi connectivity index (χ4n) is 3.53. The lowest BCUT2D eigenvalue weighted by atomic mass is 10.1. The molecule has 0 aliphatic rings. The molecule has 0 aliphatic carbocycles. The van der Waals surface area contributed by atoms with Gasteiger partial charge in [0, 0.05) is 11.8 Å². The van der Waals surface area contributed by atoms with Gasteiger partial charge in [-0.3, -0.25) is 0 Å². The van der Waals surface area contributed by atoms with Gasteiger partial charge in [-0.05, 0) is 55.3 Å². The standard InChI is InChI=1S/C23H21F2N3O2S/c1-16-7-6-12-27-17(2)23(26-22(16)27)28(31(29,30)20-8-4-3-5-9-20)15-18-10-11-21(25)19(13-18)14-24/h3-13H,14-15H2,1-2H3. The van der Waals surface area contributed by atoms with Crippen molar-refractivity contribution in [1.29, 1.82) is 0 Å².